The Hall–Kier alpha value is -1.63. The predicted molar refractivity (Wildman–Crippen MR) is 84.0 cm³/mol. The molecule has 0 unspecified atom stereocenters. The third-order valence-electron chi connectivity index (χ3n) is 2.55. The molecule has 2 N–H and O–H groups in total. The van der Waals surface area contributed by atoms with Gasteiger partial charge in [0.05, 0.1) is 6.10 Å². The summed E-state index contributed by atoms with van der Waals surface area (Å²) in [5.74, 6) is 1.08. The molecule has 0 aliphatic rings. The summed E-state index contributed by atoms with van der Waals surface area (Å²) >= 11 is 0. The highest BCUT2D eigenvalue weighted by molar-refractivity contribution is 5.35. The fraction of sp³-hybridized carbons (Fsp3) is 0.786. The van der Waals surface area contributed by atoms with Crippen LogP contribution >= 0.6 is 0 Å². The van der Waals surface area contributed by atoms with Crippen molar-refractivity contribution in [1.82, 2.24) is 15.0 Å². The molecule has 21 heavy (non-hydrogen) atoms. The lowest BCUT2D eigenvalue weighted by Crippen LogP contribution is -2.14. The van der Waals surface area contributed by atoms with Crippen molar-refractivity contribution in [2.75, 3.05) is 37.4 Å². The zero-order valence-corrected chi connectivity index (χ0v) is 13.5. The normalized spacial score (nSPS) is 10.7. The maximum atomic E-state index is 5.56. The Kier molecular flexibility index (Phi) is 8.42. The summed E-state index contributed by atoms with van der Waals surface area (Å²) in [5, 5.41) is 6.35. The lowest BCUT2D eigenvalue weighted by molar-refractivity contribution is 0.193. The molecule has 120 valence electrons. The highest BCUT2D eigenvalue weighted by atomic mass is 16.5. The molecule has 0 fully saturated rings. The summed E-state index contributed by atoms with van der Waals surface area (Å²) in [4.78, 5) is 12.9. The molecule has 1 rings (SSSR count). The number of nitrogens with one attached hydrogen (secondary N) is 2. The number of anilines is 2. The van der Waals surface area contributed by atoms with Crippen LogP contribution in [0.1, 0.15) is 40.0 Å². The van der Waals surface area contributed by atoms with Gasteiger partial charge in [-0.3, -0.25) is 0 Å². The van der Waals surface area contributed by atoms with E-state index in [1.807, 2.05) is 13.8 Å². The van der Waals surface area contributed by atoms with Crippen LogP contribution in [0, 0.1) is 0 Å². The van der Waals surface area contributed by atoms with E-state index in [0.717, 1.165) is 39.0 Å². The van der Waals surface area contributed by atoms with Crippen LogP contribution in [0.2, 0.25) is 0 Å². The summed E-state index contributed by atoms with van der Waals surface area (Å²) in [6, 6.07) is 0.345. The van der Waals surface area contributed by atoms with E-state index in [1.165, 1.54) is 0 Å². The van der Waals surface area contributed by atoms with E-state index in [2.05, 4.69) is 32.5 Å². The van der Waals surface area contributed by atoms with Crippen LogP contribution in [-0.2, 0) is 4.74 Å². The van der Waals surface area contributed by atoms with Crippen molar-refractivity contribution in [3.05, 3.63) is 0 Å². The van der Waals surface area contributed by atoms with E-state index >= 15 is 0 Å². The summed E-state index contributed by atoms with van der Waals surface area (Å²) in [5.41, 5.74) is 0. The van der Waals surface area contributed by atoms with Crippen molar-refractivity contribution in [1.29, 1.82) is 0 Å². The smallest absolute Gasteiger partial charge is 0.323 e. The zero-order valence-electron chi connectivity index (χ0n) is 13.5. The quantitative estimate of drug-likeness (QED) is 0.607. The van der Waals surface area contributed by atoms with E-state index in [1.54, 1.807) is 7.11 Å². The van der Waals surface area contributed by atoms with Crippen molar-refractivity contribution in [2.24, 2.45) is 0 Å². The largest absolute Gasteiger partial charge is 0.461 e. The molecule has 0 aliphatic carbocycles. The molecule has 1 aromatic rings. The van der Waals surface area contributed by atoms with Crippen LogP contribution in [0.4, 0.5) is 11.9 Å². The number of nitrogens with zero attached hydrogens (tertiary/aromatic N) is 3. The molecule has 0 aromatic carbocycles. The van der Waals surface area contributed by atoms with Crippen LogP contribution in [0.5, 0.6) is 6.01 Å². The predicted octanol–water partition coefficient (Wildman–Crippen LogP) is 2.32. The second-order valence-electron chi connectivity index (χ2n) is 4.99. The minimum absolute atomic E-state index is 0.0287. The molecule has 0 atom stereocenters. The zero-order chi connectivity index (χ0) is 15.5. The van der Waals surface area contributed by atoms with E-state index < -0.39 is 0 Å². The molecule has 0 aliphatic heterocycles. The third-order valence-corrected chi connectivity index (χ3v) is 2.55. The molecule has 1 heterocycles. The highest BCUT2D eigenvalue weighted by Gasteiger charge is 2.08. The number of ether oxygens (including phenoxy) is 2. The van der Waals surface area contributed by atoms with Crippen molar-refractivity contribution in [2.45, 2.75) is 46.1 Å². The number of aromatic nitrogens is 3. The van der Waals surface area contributed by atoms with Gasteiger partial charge < -0.3 is 20.1 Å². The summed E-state index contributed by atoms with van der Waals surface area (Å²) in [6.07, 6.45) is 3.04. The number of rotatable bonds is 11. The van der Waals surface area contributed by atoms with Gasteiger partial charge in [-0.25, -0.2) is 0 Å². The Morgan fingerprint density at radius 2 is 1.67 bits per heavy atom. The van der Waals surface area contributed by atoms with E-state index in [0.29, 0.717) is 17.9 Å². The van der Waals surface area contributed by atoms with Crippen molar-refractivity contribution in [3.8, 4) is 6.01 Å². The van der Waals surface area contributed by atoms with Crippen LogP contribution in [-0.4, -0.2) is 47.9 Å². The Morgan fingerprint density at radius 3 is 2.24 bits per heavy atom. The summed E-state index contributed by atoms with van der Waals surface area (Å²) < 4.78 is 10.6. The second-order valence-corrected chi connectivity index (χ2v) is 4.99. The minimum Gasteiger partial charge on any atom is -0.461 e. The van der Waals surface area contributed by atoms with Crippen LogP contribution in [0.15, 0.2) is 0 Å². The summed E-state index contributed by atoms with van der Waals surface area (Å²) in [7, 11) is 1.71. The first-order chi connectivity index (χ1) is 10.2. The van der Waals surface area contributed by atoms with Crippen molar-refractivity contribution >= 4 is 11.9 Å². The lowest BCUT2D eigenvalue weighted by atomic mass is 10.3. The van der Waals surface area contributed by atoms with Gasteiger partial charge in [-0.05, 0) is 33.1 Å². The van der Waals surface area contributed by atoms with Gasteiger partial charge in [0.1, 0.15) is 0 Å². The number of methoxy groups -OCH3 is 1. The van der Waals surface area contributed by atoms with Gasteiger partial charge in [0, 0.05) is 26.8 Å². The first-order valence-corrected chi connectivity index (χ1v) is 7.55. The fourth-order valence-corrected chi connectivity index (χ4v) is 1.59. The first-order valence-electron chi connectivity index (χ1n) is 7.55. The maximum absolute atomic E-state index is 5.56. The Morgan fingerprint density at radius 1 is 1.00 bits per heavy atom. The number of hydrogen-bond donors (Lipinski definition) is 2. The molecule has 0 amide bonds. The van der Waals surface area contributed by atoms with E-state index in [-0.39, 0.29) is 6.10 Å². The van der Waals surface area contributed by atoms with Gasteiger partial charge in [-0.2, -0.15) is 15.0 Å². The van der Waals surface area contributed by atoms with Crippen molar-refractivity contribution in [3.63, 3.8) is 0 Å². The topological polar surface area (TPSA) is 81.2 Å². The molecular formula is C14H27N5O2. The van der Waals surface area contributed by atoms with Gasteiger partial charge >= 0.3 is 6.01 Å². The molecule has 1 aromatic heterocycles. The molecule has 7 heteroatoms. The van der Waals surface area contributed by atoms with Crippen LogP contribution < -0.4 is 15.4 Å². The monoisotopic (exact) mass is 297 g/mol. The first kappa shape index (κ1) is 17.4. The molecule has 0 bridgehead atoms. The van der Waals surface area contributed by atoms with Gasteiger partial charge in [-0.1, -0.05) is 6.92 Å². The van der Waals surface area contributed by atoms with Gasteiger partial charge in [0.2, 0.25) is 11.9 Å². The Bertz CT molecular complexity index is 401. The molecular weight excluding hydrogens is 270 g/mol. The number of hydrogen-bond acceptors (Lipinski definition) is 7. The minimum atomic E-state index is 0.0287. The number of unbranched alkanes of at least 4 members (excludes halogenated alkanes) is 1. The standard InChI is InChI=1S/C14H27N5O2/c1-5-8-15-12-17-13(16-9-6-7-10-20-4)19-14(18-12)21-11(2)3/h11H,5-10H2,1-4H3,(H2,15,16,17,18,19). The summed E-state index contributed by atoms with van der Waals surface area (Å²) in [6.45, 7) is 8.36. The molecule has 0 spiro atoms. The second kappa shape index (κ2) is 10.1. The Labute approximate surface area is 126 Å². The van der Waals surface area contributed by atoms with Gasteiger partial charge in [0.25, 0.3) is 0 Å². The van der Waals surface area contributed by atoms with E-state index in [9.17, 15) is 0 Å². The van der Waals surface area contributed by atoms with Crippen molar-refractivity contribution < 1.29 is 9.47 Å². The lowest BCUT2D eigenvalue weighted by Gasteiger charge is -2.12. The highest BCUT2D eigenvalue weighted by Crippen LogP contribution is 2.12. The SMILES string of the molecule is CCCNc1nc(NCCCCOC)nc(OC(C)C)n1. The third kappa shape index (κ3) is 7.65. The fourth-order valence-electron chi connectivity index (χ4n) is 1.59. The molecule has 0 saturated carbocycles. The molecule has 0 saturated heterocycles. The average molecular weight is 297 g/mol. The van der Waals surface area contributed by atoms with E-state index in [4.69, 9.17) is 9.47 Å². The van der Waals surface area contributed by atoms with Gasteiger partial charge in [0.15, 0.2) is 0 Å². The maximum Gasteiger partial charge on any atom is 0.323 e. The molecule has 7 nitrogen and oxygen atoms in total. The van der Waals surface area contributed by atoms with Crippen LogP contribution in [0.25, 0.3) is 0 Å². The van der Waals surface area contributed by atoms with Gasteiger partial charge in [-0.15, -0.1) is 0 Å². The Balaban J connectivity index is 2.62. The average Bonchev–Trinajstić information content (AvgIpc) is 2.44. The van der Waals surface area contributed by atoms with Crippen LogP contribution in [0.3, 0.4) is 0 Å². The molecule has 0 radical (unpaired) electrons.